The van der Waals surface area contributed by atoms with Crippen molar-refractivity contribution in [3.05, 3.63) is 17.0 Å². The number of hydrogen-bond acceptors (Lipinski definition) is 4. The zero-order valence-electron chi connectivity index (χ0n) is 9.63. The molecule has 1 aromatic heterocycles. The Hall–Kier alpha value is -1.08. The Bertz CT molecular complexity index is 490. The second kappa shape index (κ2) is 5.50. The van der Waals surface area contributed by atoms with E-state index >= 15 is 0 Å². The number of carboxylic acids is 1. The van der Waals surface area contributed by atoms with Gasteiger partial charge in [-0.3, -0.25) is 4.72 Å². The third kappa shape index (κ3) is 4.74. The fourth-order valence-electron chi connectivity index (χ4n) is 1.10. The molecule has 0 amide bonds. The van der Waals surface area contributed by atoms with Gasteiger partial charge >= 0.3 is 5.97 Å². The van der Waals surface area contributed by atoms with Gasteiger partial charge in [-0.25, -0.2) is 13.2 Å². The molecule has 0 bridgehead atoms. The standard InChI is InChI=1S/C10H15NO4S2/c1-7(2)5-6-17(14,15)11-9-4-3-8(16-9)10(12)13/h3-4,7,11H,5-6H2,1-2H3,(H,12,13). The second-order valence-electron chi connectivity index (χ2n) is 4.07. The summed E-state index contributed by atoms with van der Waals surface area (Å²) in [4.78, 5) is 10.7. The predicted octanol–water partition coefficient (Wildman–Crippen LogP) is 2.23. The highest BCUT2D eigenvalue weighted by Crippen LogP contribution is 2.23. The van der Waals surface area contributed by atoms with Crippen LogP contribution in [-0.4, -0.2) is 25.2 Å². The lowest BCUT2D eigenvalue weighted by Gasteiger charge is -2.07. The number of carboxylic acid groups (broad SMARTS) is 1. The van der Waals surface area contributed by atoms with E-state index in [0.717, 1.165) is 11.3 Å². The maximum Gasteiger partial charge on any atom is 0.345 e. The van der Waals surface area contributed by atoms with Crippen LogP contribution in [0.25, 0.3) is 0 Å². The molecule has 5 nitrogen and oxygen atoms in total. The van der Waals surface area contributed by atoms with Crippen molar-refractivity contribution in [1.29, 1.82) is 0 Å². The van der Waals surface area contributed by atoms with E-state index in [-0.39, 0.29) is 10.6 Å². The van der Waals surface area contributed by atoms with Crippen molar-refractivity contribution in [3.63, 3.8) is 0 Å². The first kappa shape index (κ1) is 14.0. The van der Waals surface area contributed by atoms with Crippen LogP contribution in [0.2, 0.25) is 0 Å². The third-order valence-corrected chi connectivity index (χ3v) is 4.46. The Kier molecular flexibility index (Phi) is 4.53. The molecule has 7 heteroatoms. The smallest absolute Gasteiger partial charge is 0.345 e. The van der Waals surface area contributed by atoms with E-state index < -0.39 is 16.0 Å². The lowest BCUT2D eigenvalue weighted by atomic mass is 10.2. The third-order valence-electron chi connectivity index (χ3n) is 2.04. The van der Waals surface area contributed by atoms with Gasteiger partial charge in [-0.15, -0.1) is 11.3 Å². The van der Waals surface area contributed by atoms with E-state index in [9.17, 15) is 13.2 Å². The number of thiophene rings is 1. The number of sulfonamides is 1. The van der Waals surface area contributed by atoms with Crippen molar-refractivity contribution in [2.24, 2.45) is 5.92 Å². The molecule has 0 aromatic carbocycles. The average Bonchev–Trinajstić information content (AvgIpc) is 2.63. The van der Waals surface area contributed by atoms with Crippen LogP contribution < -0.4 is 4.72 Å². The fraction of sp³-hybridized carbons (Fsp3) is 0.500. The summed E-state index contributed by atoms with van der Waals surface area (Å²) in [5, 5.41) is 9.04. The number of rotatable bonds is 6. The molecule has 0 saturated heterocycles. The van der Waals surface area contributed by atoms with Crippen molar-refractivity contribution in [3.8, 4) is 0 Å². The van der Waals surface area contributed by atoms with E-state index in [1.807, 2.05) is 13.8 Å². The summed E-state index contributed by atoms with van der Waals surface area (Å²) in [5.41, 5.74) is 0. The van der Waals surface area contributed by atoms with Crippen molar-refractivity contribution in [1.82, 2.24) is 0 Å². The van der Waals surface area contributed by atoms with Gasteiger partial charge in [0.1, 0.15) is 9.88 Å². The Morgan fingerprint density at radius 2 is 2.12 bits per heavy atom. The van der Waals surface area contributed by atoms with Gasteiger partial charge in [0, 0.05) is 0 Å². The van der Waals surface area contributed by atoms with Crippen LogP contribution in [0.1, 0.15) is 29.9 Å². The number of aromatic carboxylic acids is 1. The summed E-state index contributed by atoms with van der Waals surface area (Å²) >= 11 is 0.912. The number of nitrogens with one attached hydrogen (secondary N) is 1. The maximum absolute atomic E-state index is 11.6. The maximum atomic E-state index is 11.6. The first-order valence-electron chi connectivity index (χ1n) is 5.14. The largest absolute Gasteiger partial charge is 0.477 e. The van der Waals surface area contributed by atoms with Gasteiger partial charge in [0.25, 0.3) is 0 Å². The van der Waals surface area contributed by atoms with Crippen LogP contribution >= 0.6 is 11.3 Å². The van der Waals surface area contributed by atoms with E-state index in [4.69, 9.17) is 5.11 Å². The molecule has 96 valence electrons. The van der Waals surface area contributed by atoms with Crippen LogP contribution in [0.5, 0.6) is 0 Å². The molecule has 2 N–H and O–H groups in total. The quantitative estimate of drug-likeness (QED) is 0.835. The molecule has 17 heavy (non-hydrogen) atoms. The molecule has 0 atom stereocenters. The Morgan fingerprint density at radius 3 is 2.59 bits per heavy atom. The highest BCUT2D eigenvalue weighted by Gasteiger charge is 2.14. The molecule has 0 spiro atoms. The van der Waals surface area contributed by atoms with Crippen molar-refractivity contribution in [2.75, 3.05) is 10.5 Å². The van der Waals surface area contributed by atoms with Gasteiger partial charge in [-0.2, -0.15) is 0 Å². The summed E-state index contributed by atoms with van der Waals surface area (Å²) in [6.07, 6.45) is 0.576. The lowest BCUT2D eigenvalue weighted by Crippen LogP contribution is -2.17. The molecule has 0 fully saturated rings. The molecule has 0 aliphatic carbocycles. The average molecular weight is 277 g/mol. The zero-order valence-corrected chi connectivity index (χ0v) is 11.3. The molecule has 1 heterocycles. The minimum Gasteiger partial charge on any atom is -0.477 e. The summed E-state index contributed by atoms with van der Waals surface area (Å²) < 4.78 is 25.6. The summed E-state index contributed by atoms with van der Waals surface area (Å²) in [6, 6.07) is 2.84. The Balaban J connectivity index is 2.66. The fourth-order valence-corrected chi connectivity index (χ4v) is 3.51. The molecule has 0 radical (unpaired) electrons. The van der Waals surface area contributed by atoms with E-state index in [1.165, 1.54) is 12.1 Å². The predicted molar refractivity (Wildman–Crippen MR) is 68.1 cm³/mol. The number of hydrogen-bond donors (Lipinski definition) is 2. The van der Waals surface area contributed by atoms with E-state index in [2.05, 4.69) is 4.72 Å². The number of anilines is 1. The normalized spacial score (nSPS) is 11.7. The lowest BCUT2D eigenvalue weighted by molar-refractivity contribution is 0.0702. The molecule has 1 aromatic rings. The molecular formula is C10H15NO4S2. The topological polar surface area (TPSA) is 83.5 Å². The van der Waals surface area contributed by atoms with Crippen LogP contribution in [0.15, 0.2) is 12.1 Å². The molecule has 0 aliphatic rings. The van der Waals surface area contributed by atoms with Crippen LogP contribution in [0, 0.1) is 5.92 Å². The van der Waals surface area contributed by atoms with Crippen LogP contribution in [0.3, 0.4) is 0 Å². The molecular weight excluding hydrogens is 262 g/mol. The van der Waals surface area contributed by atoms with Gasteiger partial charge in [0.05, 0.1) is 5.75 Å². The van der Waals surface area contributed by atoms with E-state index in [1.54, 1.807) is 0 Å². The minimum absolute atomic E-state index is 0.0466. The summed E-state index contributed by atoms with van der Waals surface area (Å²) in [5.74, 6) is -0.697. The van der Waals surface area contributed by atoms with Crippen molar-refractivity contribution in [2.45, 2.75) is 20.3 Å². The molecule has 0 aliphatic heterocycles. The van der Waals surface area contributed by atoms with Crippen molar-refractivity contribution < 1.29 is 18.3 Å². The van der Waals surface area contributed by atoms with Crippen LogP contribution in [-0.2, 0) is 10.0 Å². The van der Waals surface area contributed by atoms with E-state index in [0.29, 0.717) is 17.3 Å². The van der Waals surface area contributed by atoms with Crippen molar-refractivity contribution >= 4 is 32.3 Å². The monoisotopic (exact) mass is 277 g/mol. The second-order valence-corrected chi connectivity index (χ2v) is 7.00. The highest BCUT2D eigenvalue weighted by molar-refractivity contribution is 7.92. The van der Waals surface area contributed by atoms with Crippen LogP contribution in [0.4, 0.5) is 5.00 Å². The highest BCUT2D eigenvalue weighted by atomic mass is 32.2. The summed E-state index contributed by atoms with van der Waals surface area (Å²) in [7, 11) is -3.37. The minimum atomic E-state index is -3.37. The molecule has 1 rings (SSSR count). The SMILES string of the molecule is CC(C)CCS(=O)(=O)Nc1ccc(C(=O)O)s1. The summed E-state index contributed by atoms with van der Waals surface area (Å²) in [6.45, 7) is 3.90. The van der Waals surface area contributed by atoms with Gasteiger partial charge in [-0.05, 0) is 24.5 Å². The van der Waals surface area contributed by atoms with Gasteiger partial charge in [0.2, 0.25) is 10.0 Å². The first-order valence-corrected chi connectivity index (χ1v) is 7.60. The zero-order chi connectivity index (χ0) is 13.1. The Labute approximate surface area is 105 Å². The molecule has 0 saturated carbocycles. The van der Waals surface area contributed by atoms with Gasteiger partial charge in [0.15, 0.2) is 0 Å². The van der Waals surface area contributed by atoms with Gasteiger partial charge < -0.3 is 5.11 Å². The number of carbonyl (C=O) groups is 1. The Morgan fingerprint density at radius 1 is 1.47 bits per heavy atom. The first-order chi connectivity index (χ1) is 7.80. The van der Waals surface area contributed by atoms with Gasteiger partial charge in [-0.1, -0.05) is 13.8 Å². The molecule has 0 unspecified atom stereocenters.